The third kappa shape index (κ3) is 5.92. The van der Waals surface area contributed by atoms with E-state index >= 15 is 0 Å². The first kappa shape index (κ1) is 17.0. The maximum absolute atomic E-state index is 13.5. The molecule has 20 heavy (non-hydrogen) atoms. The number of halogens is 2. The van der Waals surface area contributed by atoms with Gasteiger partial charge in [-0.25, -0.2) is 4.39 Å². The second-order valence-corrected chi connectivity index (χ2v) is 6.42. The second kappa shape index (κ2) is 8.26. The summed E-state index contributed by atoms with van der Waals surface area (Å²) in [6.45, 7) is 1.83. The number of carbonyl (C=O) groups excluding carboxylic acids is 2. The van der Waals surface area contributed by atoms with E-state index in [0.717, 1.165) is 0 Å². The molecule has 1 N–H and O–H groups in total. The molecule has 0 aromatic heterocycles. The number of nitrogens with one attached hydrogen (secondary N) is 1. The average molecular weight is 364 g/mol. The third-order valence-corrected chi connectivity index (χ3v) is 4.04. The van der Waals surface area contributed by atoms with Crippen molar-refractivity contribution in [2.45, 2.75) is 18.6 Å². The number of anilines is 1. The van der Waals surface area contributed by atoms with E-state index in [-0.39, 0.29) is 35.0 Å². The van der Waals surface area contributed by atoms with Crippen LogP contribution in [0.15, 0.2) is 22.7 Å². The van der Waals surface area contributed by atoms with Crippen LogP contribution in [0.4, 0.5) is 10.1 Å². The molecular formula is C13H15BrFNO3S. The zero-order chi connectivity index (χ0) is 15.1. The van der Waals surface area contributed by atoms with Gasteiger partial charge in [0.25, 0.3) is 0 Å². The Morgan fingerprint density at radius 1 is 1.50 bits per heavy atom. The first-order valence-corrected chi connectivity index (χ1v) is 7.70. The van der Waals surface area contributed by atoms with Crippen molar-refractivity contribution in [3.63, 3.8) is 0 Å². The second-order valence-electron chi connectivity index (χ2n) is 4.07. The minimum absolute atomic E-state index is 0.0389. The van der Waals surface area contributed by atoms with Crippen molar-refractivity contribution in [2.75, 3.05) is 18.2 Å². The molecule has 0 saturated heterocycles. The predicted octanol–water partition coefficient (Wildman–Crippen LogP) is 3.21. The van der Waals surface area contributed by atoms with Crippen LogP contribution in [-0.4, -0.2) is 30.0 Å². The summed E-state index contributed by atoms with van der Waals surface area (Å²) in [5, 5.41) is 2.45. The maximum atomic E-state index is 13.5. The molecule has 7 heteroatoms. The van der Waals surface area contributed by atoms with Gasteiger partial charge in [-0.05, 0) is 18.2 Å². The number of thioether (sulfide) groups is 1. The summed E-state index contributed by atoms with van der Waals surface area (Å²) in [5.74, 6) is -0.981. The highest BCUT2D eigenvalue weighted by atomic mass is 79.9. The monoisotopic (exact) mass is 363 g/mol. The molecule has 0 saturated carbocycles. The summed E-state index contributed by atoms with van der Waals surface area (Å²) < 4.78 is 18.7. The van der Waals surface area contributed by atoms with Gasteiger partial charge in [0.2, 0.25) is 5.91 Å². The van der Waals surface area contributed by atoms with Crippen molar-refractivity contribution < 1.29 is 18.7 Å². The highest BCUT2D eigenvalue weighted by Gasteiger charge is 2.13. The van der Waals surface area contributed by atoms with Crippen molar-refractivity contribution in [2.24, 2.45) is 0 Å². The van der Waals surface area contributed by atoms with Gasteiger partial charge in [0.15, 0.2) is 0 Å². The Balaban J connectivity index is 2.42. The van der Waals surface area contributed by atoms with Crippen LogP contribution < -0.4 is 5.32 Å². The van der Waals surface area contributed by atoms with Gasteiger partial charge < -0.3 is 10.1 Å². The summed E-state index contributed by atoms with van der Waals surface area (Å²) in [6, 6.07) is 4.41. The van der Waals surface area contributed by atoms with Crippen molar-refractivity contribution in [1.29, 1.82) is 0 Å². The lowest BCUT2D eigenvalue weighted by Gasteiger charge is -2.10. The van der Waals surface area contributed by atoms with Gasteiger partial charge in [-0.1, -0.05) is 22.9 Å². The lowest BCUT2D eigenvalue weighted by atomic mass is 10.3. The minimum atomic E-state index is -0.500. The van der Waals surface area contributed by atoms with Gasteiger partial charge in [-0.2, -0.15) is 0 Å². The molecule has 4 nitrogen and oxygen atoms in total. The van der Waals surface area contributed by atoms with Crippen molar-refractivity contribution >= 4 is 45.3 Å². The fraction of sp³-hybridized carbons (Fsp3) is 0.385. The zero-order valence-electron chi connectivity index (χ0n) is 11.1. The van der Waals surface area contributed by atoms with E-state index in [4.69, 9.17) is 0 Å². The van der Waals surface area contributed by atoms with Crippen molar-refractivity contribution in [1.82, 2.24) is 0 Å². The van der Waals surface area contributed by atoms with Crippen LogP contribution in [0.3, 0.4) is 0 Å². The molecule has 0 spiro atoms. The smallest absolute Gasteiger partial charge is 0.306 e. The van der Waals surface area contributed by atoms with E-state index in [0.29, 0.717) is 4.47 Å². The Hall–Kier alpha value is -1.08. The van der Waals surface area contributed by atoms with E-state index in [2.05, 4.69) is 26.0 Å². The molecule has 110 valence electrons. The molecule has 0 aliphatic heterocycles. The summed E-state index contributed by atoms with van der Waals surface area (Å²) in [7, 11) is 1.32. The Morgan fingerprint density at radius 3 is 2.80 bits per heavy atom. The standard InChI is InChI=1S/C13H15BrFNO3S/c1-8(5-13(18)19-2)20-7-12(17)16-11-4-3-9(14)6-10(11)15/h3-4,6,8H,5,7H2,1-2H3,(H,16,17). The van der Waals surface area contributed by atoms with Crippen LogP contribution in [-0.2, 0) is 14.3 Å². The molecule has 0 radical (unpaired) electrons. The molecule has 0 bridgehead atoms. The number of carbonyl (C=O) groups is 2. The molecule has 1 rings (SSSR count). The predicted molar refractivity (Wildman–Crippen MR) is 81.3 cm³/mol. The fourth-order valence-electron chi connectivity index (χ4n) is 1.37. The first-order chi connectivity index (χ1) is 9.42. The first-order valence-electron chi connectivity index (χ1n) is 5.85. The molecule has 1 aromatic rings. The number of amides is 1. The van der Waals surface area contributed by atoms with Gasteiger partial charge in [-0.15, -0.1) is 11.8 Å². The van der Waals surface area contributed by atoms with Crippen molar-refractivity contribution in [3.05, 3.63) is 28.5 Å². The van der Waals surface area contributed by atoms with Crippen LogP contribution in [0.2, 0.25) is 0 Å². The largest absolute Gasteiger partial charge is 0.469 e. The average Bonchev–Trinajstić information content (AvgIpc) is 2.39. The number of hydrogen-bond acceptors (Lipinski definition) is 4. The van der Waals surface area contributed by atoms with Gasteiger partial charge in [0.05, 0.1) is 25.0 Å². The summed E-state index contributed by atoms with van der Waals surface area (Å²) in [6.07, 6.45) is 0.237. The molecule has 0 aliphatic carbocycles. The van der Waals surface area contributed by atoms with Crippen LogP contribution >= 0.6 is 27.7 Å². The molecule has 1 aromatic carbocycles. The van der Waals surface area contributed by atoms with Crippen LogP contribution in [0.5, 0.6) is 0 Å². The normalized spacial score (nSPS) is 11.8. The quantitative estimate of drug-likeness (QED) is 0.788. The van der Waals surface area contributed by atoms with Gasteiger partial charge >= 0.3 is 5.97 Å². The number of rotatable bonds is 6. The highest BCUT2D eigenvalue weighted by Crippen LogP contribution is 2.20. The lowest BCUT2D eigenvalue weighted by Crippen LogP contribution is -2.18. The topological polar surface area (TPSA) is 55.4 Å². The number of ether oxygens (including phenoxy) is 1. The zero-order valence-corrected chi connectivity index (χ0v) is 13.5. The van der Waals surface area contributed by atoms with Crippen molar-refractivity contribution in [3.8, 4) is 0 Å². The van der Waals surface area contributed by atoms with Crippen LogP contribution in [0.1, 0.15) is 13.3 Å². The number of esters is 1. The maximum Gasteiger partial charge on any atom is 0.306 e. The molecule has 0 aliphatic rings. The van der Waals surface area contributed by atoms with E-state index in [1.54, 1.807) is 6.07 Å². The number of benzene rings is 1. The Bertz CT molecular complexity index is 499. The van der Waals surface area contributed by atoms with E-state index in [9.17, 15) is 14.0 Å². The third-order valence-electron chi connectivity index (χ3n) is 2.39. The number of hydrogen-bond donors (Lipinski definition) is 1. The van der Waals surface area contributed by atoms with E-state index < -0.39 is 5.82 Å². The molecular weight excluding hydrogens is 349 g/mol. The van der Waals surface area contributed by atoms with Gasteiger partial charge in [0.1, 0.15) is 5.82 Å². The van der Waals surface area contributed by atoms with Crippen LogP contribution in [0.25, 0.3) is 0 Å². The highest BCUT2D eigenvalue weighted by molar-refractivity contribution is 9.10. The van der Waals surface area contributed by atoms with E-state index in [1.807, 2.05) is 6.92 Å². The van der Waals surface area contributed by atoms with Gasteiger partial charge in [0, 0.05) is 9.72 Å². The fourth-order valence-corrected chi connectivity index (χ4v) is 2.47. The number of methoxy groups -OCH3 is 1. The van der Waals surface area contributed by atoms with Crippen LogP contribution in [0, 0.1) is 5.82 Å². The SMILES string of the molecule is COC(=O)CC(C)SCC(=O)Nc1ccc(Br)cc1F. The minimum Gasteiger partial charge on any atom is -0.469 e. The Kier molecular flexibility index (Phi) is 7.01. The molecule has 0 fully saturated rings. The summed E-state index contributed by atoms with van der Waals surface area (Å²) >= 11 is 4.45. The molecule has 1 amide bonds. The lowest BCUT2D eigenvalue weighted by molar-refractivity contribution is -0.140. The molecule has 0 heterocycles. The Morgan fingerprint density at radius 2 is 2.20 bits per heavy atom. The summed E-state index contributed by atoms with van der Waals surface area (Å²) in [4.78, 5) is 22.7. The summed E-state index contributed by atoms with van der Waals surface area (Å²) in [5.41, 5.74) is 0.138. The van der Waals surface area contributed by atoms with E-state index in [1.165, 1.54) is 31.0 Å². The molecule has 1 unspecified atom stereocenters. The Labute approximate surface area is 129 Å². The molecule has 1 atom stereocenters. The van der Waals surface area contributed by atoms with Gasteiger partial charge in [-0.3, -0.25) is 9.59 Å².